The SMILES string of the molecule is CC1(C)c2ccccc2-c2cccc(-c3ccccc3N(c3ccccc3-c3ccccc3)c3ccccc3-c3cccc4c3-c3ccccc3C43CC4CCC3C4)c21. The summed E-state index contributed by atoms with van der Waals surface area (Å²) >= 11 is 0. The standard InChI is InChI=1S/C58H47N/c1-57(2)49-28-11-6-21-42(49)46-26-16-27-47(56(46)57)44-23-10-15-33-54(44)59(52-31-13-8-20-41(52)39-18-4-3-5-19-39)53-32-14-9-22-43(53)45-25-17-30-51-55(45)48-24-7-12-29-50(48)58(51)37-38-34-35-40(58)36-38/h3-33,38,40H,34-37H2,1-2H3. The molecule has 8 aromatic carbocycles. The summed E-state index contributed by atoms with van der Waals surface area (Å²) < 4.78 is 0. The number of benzene rings is 8. The van der Waals surface area contributed by atoms with Gasteiger partial charge >= 0.3 is 0 Å². The van der Waals surface area contributed by atoms with Gasteiger partial charge in [0, 0.05) is 27.5 Å². The van der Waals surface area contributed by atoms with Gasteiger partial charge in [-0.05, 0) is 110 Å². The Morgan fingerprint density at radius 1 is 0.407 bits per heavy atom. The predicted molar refractivity (Wildman–Crippen MR) is 247 cm³/mol. The lowest BCUT2D eigenvalue weighted by molar-refractivity contribution is 0.327. The Hall–Kier alpha value is -6.44. The van der Waals surface area contributed by atoms with E-state index in [-0.39, 0.29) is 10.8 Å². The van der Waals surface area contributed by atoms with Gasteiger partial charge in [-0.1, -0.05) is 190 Å². The van der Waals surface area contributed by atoms with Crippen LogP contribution in [0.5, 0.6) is 0 Å². The number of fused-ring (bicyclic) bond motifs is 11. The lowest BCUT2D eigenvalue weighted by atomic mass is 9.66. The molecule has 4 aliphatic rings. The van der Waals surface area contributed by atoms with E-state index in [9.17, 15) is 0 Å². The van der Waals surface area contributed by atoms with Gasteiger partial charge in [0.2, 0.25) is 0 Å². The minimum Gasteiger partial charge on any atom is -0.309 e. The summed E-state index contributed by atoms with van der Waals surface area (Å²) in [5.41, 5.74) is 22.4. The summed E-state index contributed by atoms with van der Waals surface area (Å²) in [5, 5.41) is 0. The zero-order valence-corrected chi connectivity index (χ0v) is 33.8. The van der Waals surface area contributed by atoms with Gasteiger partial charge in [-0.2, -0.15) is 0 Å². The highest BCUT2D eigenvalue weighted by Gasteiger charge is 2.57. The molecular formula is C58H47N. The van der Waals surface area contributed by atoms with Crippen molar-refractivity contribution in [2.75, 3.05) is 4.90 Å². The maximum atomic E-state index is 2.58. The molecule has 3 unspecified atom stereocenters. The van der Waals surface area contributed by atoms with E-state index in [1.54, 1.807) is 11.1 Å². The topological polar surface area (TPSA) is 3.24 Å². The second kappa shape index (κ2) is 13.0. The molecule has 0 radical (unpaired) electrons. The molecule has 284 valence electrons. The summed E-state index contributed by atoms with van der Waals surface area (Å²) in [6.45, 7) is 4.80. The summed E-state index contributed by atoms with van der Waals surface area (Å²) in [7, 11) is 0. The normalized spacial score (nSPS) is 20.0. The van der Waals surface area contributed by atoms with Crippen molar-refractivity contribution in [3.8, 4) is 55.6 Å². The number of rotatable bonds is 6. The van der Waals surface area contributed by atoms with Gasteiger partial charge in [0.15, 0.2) is 0 Å². The van der Waals surface area contributed by atoms with Crippen molar-refractivity contribution < 1.29 is 0 Å². The van der Waals surface area contributed by atoms with Gasteiger partial charge in [0.25, 0.3) is 0 Å². The maximum Gasteiger partial charge on any atom is 0.0540 e. The molecule has 0 aliphatic heterocycles. The highest BCUT2D eigenvalue weighted by atomic mass is 15.1. The first-order chi connectivity index (χ1) is 29.0. The number of anilines is 3. The number of para-hydroxylation sites is 3. The fourth-order valence-electron chi connectivity index (χ4n) is 12.4. The van der Waals surface area contributed by atoms with Crippen LogP contribution in [0.25, 0.3) is 55.6 Å². The lowest BCUT2D eigenvalue weighted by Crippen LogP contribution is -2.31. The van der Waals surface area contributed by atoms with Crippen molar-refractivity contribution in [3.05, 3.63) is 210 Å². The average molecular weight is 758 g/mol. The summed E-state index contributed by atoms with van der Waals surface area (Å²) in [5.74, 6) is 1.54. The molecule has 59 heavy (non-hydrogen) atoms. The monoisotopic (exact) mass is 757 g/mol. The first-order valence-electron chi connectivity index (χ1n) is 21.6. The average Bonchev–Trinajstić information content (AvgIpc) is 4.04. The largest absolute Gasteiger partial charge is 0.309 e. The number of nitrogens with zero attached hydrogens (tertiary/aromatic N) is 1. The second-order valence-corrected chi connectivity index (χ2v) is 18.0. The molecule has 0 N–H and O–H groups in total. The van der Waals surface area contributed by atoms with Gasteiger partial charge in [-0.3, -0.25) is 0 Å². The predicted octanol–water partition coefficient (Wildman–Crippen LogP) is 15.6. The first kappa shape index (κ1) is 34.6. The molecule has 0 heterocycles. The molecule has 1 nitrogen and oxygen atoms in total. The third-order valence-corrected chi connectivity index (χ3v) is 14.8. The van der Waals surface area contributed by atoms with E-state index in [0.29, 0.717) is 5.92 Å². The smallest absolute Gasteiger partial charge is 0.0540 e. The van der Waals surface area contributed by atoms with Crippen molar-refractivity contribution in [2.24, 2.45) is 11.8 Å². The van der Waals surface area contributed by atoms with E-state index in [2.05, 4.69) is 207 Å². The van der Waals surface area contributed by atoms with Crippen LogP contribution in [0.2, 0.25) is 0 Å². The van der Waals surface area contributed by atoms with Crippen LogP contribution >= 0.6 is 0 Å². The van der Waals surface area contributed by atoms with Crippen molar-refractivity contribution in [1.29, 1.82) is 0 Å². The third-order valence-electron chi connectivity index (χ3n) is 14.8. The van der Waals surface area contributed by atoms with Crippen molar-refractivity contribution in [1.82, 2.24) is 0 Å². The van der Waals surface area contributed by atoms with Crippen LogP contribution in [0.1, 0.15) is 61.8 Å². The highest BCUT2D eigenvalue weighted by Crippen LogP contribution is 2.67. The minimum absolute atomic E-state index is 0.115. The van der Waals surface area contributed by atoms with Gasteiger partial charge in [0.05, 0.1) is 17.1 Å². The second-order valence-electron chi connectivity index (χ2n) is 18.0. The van der Waals surface area contributed by atoms with E-state index in [1.165, 1.54) is 104 Å². The molecule has 2 bridgehead atoms. The fourth-order valence-corrected chi connectivity index (χ4v) is 12.4. The van der Waals surface area contributed by atoms with Crippen LogP contribution in [-0.4, -0.2) is 0 Å². The van der Waals surface area contributed by atoms with Gasteiger partial charge in [0.1, 0.15) is 0 Å². The number of hydrogen-bond acceptors (Lipinski definition) is 1. The Labute approximate surface area is 348 Å². The molecular weight excluding hydrogens is 711 g/mol. The Kier molecular flexibility index (Phi) is 7.64. The molecule has 2 saturated carbocycles. The highest BCUT2D eigenvalue weighted by molar-refractivity contribution is 6.02. The Balaban J connectivity index is 1.13. The van der Waals surface area contributed by atoms with Crippen LogP contribution in [-0.2, 0) is 10.8 Å². The van der Waals surface area contributed by atoms with Crippen molar-refractivity contribution in [2.45, 2.75) is 50.4 Å². The summed E-state index contributed by atoms with van der Waals surface area (Å²) in [6, 6.07) is 70.8. The number of hydrogen-bond donors (Lipinski definition) is 0. The molecule has 0 aromatic heterocycles. The summed E-state index contributed by atoms with van der Waals surface area (Å²) in [6.07, 6.45) is 5.36. The van der Waals surface area contributed by atoms with Crippen LogP contribution in [0, 0.1) is 11.8 Å². The van der Waals surface area contributed by atoms with Crippen molar-refractivity contribution in [3.63, 3.8) is 0 Å². The molecule has 8 aromatic rings. The van der Waals surface area contributed by atoms with Gasteiger partial charge < -0.3 is 4.90 Å². The van der Waals surface area contributed by atoms with E-state index < -0.39 is 0 Å². The zero-order chi connectivity index (χ0) is 39.3. The van der Waals surface area contributed by atoms with Crippen molar-refractivity contribution >= 4 is 17.1 Å². The molecule has 1 spiro atoms. The zero-order valence-electron chi connectivity index (χ0n) is 33.8. The van der Waals surface area contributed by atoms with E-state index >= 15 is 0 Å². The molecule has 2 fully saturated rings. The summed E-state index contributed by atoms with van der Waals surface area (Å²) in [4.78, 5) is 2.58. The Morgan fingerprint density at radius 3 is 1.58 bits per heavy atom. The molecule has 1 heteroatoms. The van der Waals surface area contributed by atoms with Crippen LogP contribution in [0.3, 0.4) is 0 Å². The molecule has 12 rings (SSSR count). The van der Waals surface area contributed by atoms with Gasteiger partial charge in [-0.25, -0.2) is 0 Å². The molecule has 0 amide bonds. The molecule has 3 atom stereocenters. The fraction of sp³-hybridized carbons (Fsp3) is 0.172. The van der Waals surface area contributed by atoms with Crippen LogP contribution in [0.4, 0.5) is 17.1 Å². The van der Waals surface area contributed by atoms with E-state index in [4.69, 9.17) is 0 Å². The quantitative estimate of drug-likeness (QED) is 0.163. The van der Waals surface area contributed by atoms with Crippen LogP contribution < -0.4 is 4.90 Å². The maximum absolute atomic E-state index is 2.58. The lowest BCUT2D eigenvalue weighted by Gasteiger charge is -2.36. The Bertz CT molecular complexity index is 2950. The molecule has 0 saturated heterocycles. The third kappa shape index (κ3) is 4.91. The minimum atomic E-state index is -0.159. The van der Waals surface area contributed by atoms with E-state index in [1.807, 2.05) is 0 Å². The van der Waals surface area contributed by atoms with Gasteiger partial charge in [-0.15, -0.1) is 0 Å². The molecule has 4 aliphatic carbocycles. The van der Waals surface area contributed by atoms with E-state index in [0.717, 1.165) is 11.6 Å². The van der Waals surface area contributed by atoms with Crippen LogP contribution in [0.15, 0.2) is 188 Å². The Morgan fingerprint density at radius 2 is 0.898 bits per heavy atom. The first-order valence-corrected chi connectivity index (χ1v) is 21.6.